The second-order valence-electron chi connectivity index (χ2n) is 4.65. The molecule has 0 aromatic heterocycles. The largest absolute Gasteiger partial charge is 0.459 e. The Hall–Kier alpha value is -2.23. The molecule has 0 aliphatic carbocycles. The van der Waals surface area contributed by atoms with Crippen LogP contribution in [0, 0.1) is 0 Å². The molecule has 3 nitrogen and oxygen atoms in total. The first kappa shape index (κ1) is 14.2. The van der Waals surface area contributed by atoms with Gasteiger partial charge in [0.2, 0.25) is 0 Å². The summed E-state index contributed by atoms with van der Waals surface area (Å²) < 4.78 is 10.8. The first-order valence-electron chi connectivity index (χ1n) is 6.39. The quantitative estimate of drug-likeness (QED) is 0.630. The molecule has 0 aliphatic heterocycles. The molecule has 0 saturated carbocycles. The van der Waals surface area contributed by atoms with Crippen LogP contribution in [0.25, 0.3) is 0 Å². The van der Waals surface area contributed by atoms with Crippen LogP contribution in [0.3, 0.4) is 0 Å². The van der Waals surface area contributed by atoms with Crippen molar-refractivity contribution in [2.24, 2.45) is 0 Å². The number of hydrogen-bond acceptors (Lipinski definition) is 3. The molecular weight excluding hydrogens is 251 g/mol. The van der Waals surface area contributed by atoms with E-state index in [9.17, 15) is 4.79 Å². The van der Waals surface area contributed by atoms with Gasteiger partial charge in [0.25, 0.3) is 0 Å². The van der Waals surface area contributed by atoms with Gasteiger partial charge in [-0.05, 0) is 44.2 Å². The normalized spacial score (nSPS) is 10.3. The lowest BCUT2D eigenvalue weighted by Crippen LogP contribution is -2.11. The average Bonchev–Trinajstić information content (AvgIpc) is 2.41. The Kier molecular flexibility index (Phi) is 4.46. The molecule has 0 heterocycles. The van der Waals surface area contributed by atoms with Crippen LogP contribution in [0.15, 0.2) is 48.5 Å². The SMILES string of the molecule is [B]c1ccc(Oc2cccc(C(=O)OC(C)C)c2)cc1. The molecule has 100 valence electrons. The zero-order chi connectivity index (χ0) is 14.5. The number of benzene rings is 2. The molecule has 2 aromatic carbocycles. The fraction of sp³-hybridized carbons (Fsp3) is 0.188. The van der Waals surface area contributed by atoms with Gasteiger partial charge < -0.3 is 9.47 Å². The van der Waals surface area contributed by atoms with Crippen LogP contribution in [0.2, 0.25) is 0 Å². The summed E-state index contributed by atoms with van der Waals surface area (Å²) in [6.07, 6.45) is -0.149. The number of carbonyl (C=O) groups excluding carboxylic acids is 1. The molecular formula is C16H15BO3. The summed E-state index contributed by atoms with van der Waals surface area (Å²) in [6.45, 7) is 3.62. The number of carbonyl (C=O) groups is 1. The molecule has 2 aromatic rings. The van der Waals surface area contributed by atoms with E-state index < -0.39 is 0 Å². The third kappa shape index (κ3) is 3.88. The van der Waals surface area contributed by atoms with Crippen LogP contribution in [-0.4, -0.2) is 19.9 Å². The van der Waals surface area contributed by atoms with Gasteiger partial charge in [-0.1, -0.05) is 23.7 Å². The maximum atomic E-state index is 11.8. The maximum Gasteiger partial charge on any atom is 0.338 e. The summed E-state index contributed by atoms with van der Waals surface area (Å²) in [4.78, 5) is 11.8. The molecule has 4 heteroatoms. The highest BCUT2D eigenvalue weighted by atomic mass is 16.5. The van der Waals surface area contributed by atoms with Crippen LogP contribution >= 0.6 is 0 Å². The molecule has 20 heavy (non-hydrogen) atoms. The highest BCUT2D eigenvalue weighted by Crippen LogP contribution is 2.21. The van der Waals surface area contributed by atoms with Gasteiger partial charge in [0.05, 0.1) is 11.7 Å². The molecule has 2 radical (unpaired) electrons. The van der Waals surface area contributed by atoms with Crippen LogP contribution in [0.5, 0.6) is 11.5 Å². The summed E-state index contributed by atoms with van der Waals surface area (Å²) in [7, 11) is 5.61. The molecule has 2 rings (SSSR count). The molecule has 0 bridgehead atoms. The first-order valence-corrected chi connectivity index (χ1v) is 6.39. The molecule has 0 unspecified atom stereocenters. The predicted molar refractivity (Wildman–Crippen MR) is 78.9 cm³/mol. The van der Waals surface area contributed by atoms with Gasteiger partial charge in [-0.15, -0.1) is 0 Å². The minimum Gasteiger partial charge on any atom is -0.459 e. The van der Waals surface area contributed by atoms with Crippen molar-refractivity contribution >= 4 is 19.3 Å². The summed E-state index contributed by atoms with van der Waals surface area (Å²) >= 11 is 0. The van der Waals surface area contributed by atoms with Crippen molar-refractivity contribution in [2.45, 2.75) is 20.0 Å². The first-order chi connectivity index (χ1) is 9.54. The van der Waals surface area contributed by atoms with Crippen molar-refractivity contribution in [2.75, 3.05) is 0 Å². The van der Waals surface area contributed by atoms with Gasteiger partial charge in [0.1, 0.15) is 19.3 Å². The minimum absolute atomic E-state index is 0.149. The second kappa shape index (κ2) is 6.28. The third-order valence-corrected chi connectivity index (χ3v) is 2.53. The topological polar surface area (TPSA) is 35.5 Å². The monoisotopic (exact) mass is 266 g/mol. The fourth-order valence-corrected chi connectivity index (χ4v) is 1.64. The van der Waals surface area contributed by atoms with Gasteiger partial charge in [0, 0.05) is 0 Å². The number of rotatable bonds is 4. The summed E-state index contributed by atoms with van der Waals surface area (Å²) in [6, 6.07) is 13.9. The summed E-state index contributed by atoms with van der Waals surface area (Å²) in [5.74, 6) is 0.879. The highest BCUT2D eigenvalue weighted by molar-refractivity contribution is 6.32. The number of ether oxygens (including phenoxy) is 2. The van der Waals surface area contributed by atoms with Gasteiger partial charge in [-0.3, -0.25) is 0 Å². The van der Waals surface area contributed by atoms with E-state index in [1.165, 1.54) is 0 Å². The van der Waals surface area contributed by atoms with Crippen molar-refractivity contribution in [3.05, 3.63) is 54.1 Å². The third-order valence-electron chi connectivity index (χ3n) is 2.53. The van der Waals surface area contributed by atoms with E-state index in [1.807, 2.05) is 13.8 Å². The van der Waals surface area contributed by atoms with Crippen molar-refractivity contribution in [1.82, 2.24) is 0 Å². The molecule has 0 saturated heterocycles. The smallest absolute Gasteiger partial charge is 0.338 e. The van der Waals surface area contributed by atoms with E-state index in [4.69, 9.17) is 17.3 Å². The Morgan fingerprint density at radius 2 is 1.75 bits per heavy atom. The van der Waals surface area contributed by atoms with E-state index in [1.54, 1.807) is 48.5 Å². The van der Waals surface area contributed by atoms with Crippen LogP contribution in [0.4, 0.5) is 0 Å². The lowest BCUT2D eigenvalue weighted by atomic mass is 9.97. The average molecular weight is 266 g/mol. The van der Waals surface area contributed by atoms with E-state index >= 15 is 0 Å². The minimum atomic E-state index is -0.359. The zero-order valence-electron chi connectivity index (χ0n) is 11.5. The number of hydrogen-bond donors (Lipinski definition) is 0. The molecule has 0 N–H and O–H groups in total. The zero-order valence-corrected chi connectivity index (χ0v) is 11.5. The van der Waals surface area contributed by atoms with Crippen molar-refractivity contribution < 1.29 is 14.3 Å². The van der Waals surface area contributed by atoms with E-state index in [2.05, 4.69) is 0 Å². The maximum absolute atomic E-state index is 11.8. The van der Waals surface area contributed by atoms with Gasteiger partial charge in [0.15, 0.2) is 0 Å². The van der Waals surface area contributed by atoms with Crippen LogP contribution in [-0.2, 0) is 4.74 Å². The lowest BCUT2D eigenvalue weighted by Gasteiger charge is -2.10. The standard InChI is InChI=1S/C16H15BO3/c1-11(2)19-16(18)12-4-3-5-15(10-12)20-14-8-6-13(17)7-9-14/h3-11H,1-2H3. The Labute approximate surface area is 119 Å². The van der Waals surface area contributed by atoms with Gasteiger partial charge >= 0.3 is 5.97 Å². The molecule has 0 spiro atoms. The lowest BCUT2D eigenvalue weighted by molar-refractivity contribution is 0.0377. The summed E-state index contributed by atoms with van der Waals surface area (Å²) in [5, 5.41) is 0. The Bertz CT molecular complexity index is 591. The van der Waals surface area contributed by atoms with E-state index in [0.29, 0.717) is 22.5 Å². The number of esters is 1. The molecule has 0 atom stereocenters. The predicted octanol–water partition coefficient (Wildman–Crippen LogP) is 2.84. The van der Waals surface area contributed by atoms with Crippen LogP contribution in [0.1, 0.15) is 24.2 Å². The molecule has 0 aliphatic rings. The fourth-order valence-electron chi connectivity index (χ4n) is 1.64. The van der Waals surface area contributed by atoms with Crippen LogP contribution < -0.4 is 10.2 Å². The summed E-state index contributed by atoms with van der Waals surface area (Å²) in [5.41, 5.74) is 1.14. The second-order valence-corrected chi connectivity index (χ2v) is 4.65. The Morgan fingerprint density at radius 3 is 2.40 bits per heavy atom. The van der Waals surface area contributed by atoms with Gasteiger partial charge in [-0.2, -0.15) is 0 Å². The van der Waals surface area contributed by atoms with Crippen molar-refractivity contribution in [3.63, 3.8) is 0 Å². The Morgan fingerprint density at radius 1 is 1.05 bits per heavy atom. The highest BCUT2D eigenvalue weighted by Gasteiger charge is 2.10. The van der Waals surface area contributed by atoms with Crippen molar-refractivity contribution in [1.29, 1.82) is 0 Å². The molecule has 0 amide bonds. The van der Waals surface area contributed by atoms with E-state index in [-0.39, 0.29) is 12.1 Å². The van der Waals surface area contributed by atoms with E-state index in [0.717, 1.165) is 0 Å². The molecule has 0 fully saturated rings. The van der Waals surface area contributed by atoms with Crippen molar-refractivity contribution in [3.8, 4) is 11.5 Å². The van der Waals surface area contributed by atoms with Gasteiger partial charge in [-0.25, -0.2) is 4.79 Å². The Balaban J connectivity index is 2.13.